The first-order valence-corrected chi connectivity index (χ1v) is 10.3. The van der Waals surface area contributed by atoms with Crippen LogP contribution < -0.4 is 14.3 Å². The maximum atomic E-state index is 12.0. The van der Waals surface area contributed by atoms with Gasteiger partial charge < -0.3 is 9.47 Å². The van der Waals surface area contributed by atoms with Gasteiger partial charge in [0.2, 0.25) is 10.0 Å². The minimum Gasteiger partial charge on any atom is -0.493 e. The summed E-state index contributed by atoms with van der Waals surface area (Å²) >= 11 is 0. The van der Waals surface area contributed by atoms with E-state index >= 15 is 0 Å². The van der Waals surface area contributed by atoms with E-state index in [-0.39, 0.29) is 5.75 Å². The van der Waals surface area contributed by atoms with Gasteiger partial charge in [-0.3, -0.25) is 0 Å². The molecule has 0 saturated carbocycles. The highest BCUT2D eigenvalue weighted by Gasteiger charge is 2.10. The van der Waals surface area contributed by atoms with Crippen LogP contribution in [-0.4, -0.2) is 34.1 Å². The molecule has 0 aromatic heterocycles. The van der Waals surface area contributed by atoms with E-state index in [1.165, 1.54) is 19.3 Å². The van der Waals surface area contributed by atoms with Crippen molar-refractivity contribution in [3.05, 3.63) is 23.8 Å². The molecule has 0 radical (unpaired) electrons. The highest BCUT2D eigenvalue weighted by Crippen LogP contribution is 2.27. The molecule has 1 aromatic rings. The second-order valence-electron chi connectivity index (χ2n) is 5.94. The van der Waals surface area contributed by atoms with Gasteiger partial charge in [0, 0.05) is 5.56 Å². The van der Waals surface area contributed by atoms with Gasteiger partial charge in [-0.25, -0.2) is 13.2 Å². The van der Waals surface area contributed by atoms with Crippen LogP contribution in [0, 0.1) is 0 Å². The van der Waals surface area contributed by atoms with E-state index < -0.39 is 10.0 Å². The number of hydrazone groups is 1. The fourth-order valence-electron chi connectivity index (χ4n) is 2.38. The first-order valence-electron chi connectivity index (χ1n) is 8.69. The standard InChI is InChI=1S/C18H30N2O4S/c1-5-6-7-8-9-10-13-25(21,22)20-19-15(2)16-11-12-17(23-3)18(14-16)24-4/h11-12,14,20H,5-10,13H2,1-4H3/b19-15-. The van der Waals surface area contributed by atoms with Gasteiger partial charge in [0.05, 0.1) is 25.7 Å². The smallest absolute Gasteiger partial charge is 0.247 e. The van der Waals surface area contributed by atoms with Crippen LogP contribution in [0.4, 0.5) is 0 Å². The van der Waals surface area contributed by atoms with Crippen molar-refractivity contribution in [2.45, 2.75) is 52.4 Å². The lowest BCUT2D eigenvalue weighted by atomic mass is 10.1. The summed E-state index contributed by atoms with van der Waals surface area (Å²) in [7, 11) is -0.282. The molecule has 142 valence electrons. The van der Waals surface area contributed by atoms with Crippen molar-refractivity contribution in [2.75, 3.05) is 20.0 Å². The Kier molecular flexibility index (Phi) is 9.34. The van der Waals surface area contributed by atoms with Gasteiger partial charge in [-0.1, -0.05) is 39.0 Å². The molecule has 0 bridgehead atoms. The SMILES string of the molecule is CCCCCCCCS(=O)(=O)N/N=C(/C)c1ccc(OC)c(OC)c1. The normalized spacial score (nSPS) is 12.1. The van der Waals surface area contributed by atoms with E-state index in [1.54, 1.807) is 33.3 Å². The molecule has 0 atom stereocenters. The highest BCUT2D eigenvalue weighted by molar-refractivity contribution is 7.89. The summed E-state index contributed by atoms with van der Waals surface area (Å²) in [6.45, 7) is 3.90. The van der Waals surface area contributed by atoms with E-state index in [1.807, 2.05) is 6.07 Å². The second-order valence-corrected chi connectivity index (χ2v) is 7.77. The van der Waals surface area contributed by atoms with Gasteiger partial charge >= 0.3 is 0 Å². The molecule has 0 aliphatic carbocycles. The van der Waals surface area contributed by atoms with Crippen molar-refractivity contribution < 1.29 is 17.9 Å². The first kappa shape index (κ1) is 21.3. The van der Waals surface area contributed by atoms with Crippen molar-refractivity contribution in [3.63, 3.8) is 0 Å². The third-order valence-corrected chi connectivity index (χ3v) is 5.12. The minimum atomic E-state index is -3.40. The molecule has 0 aliphatic heterocycles. The van der Waals surface area contributed by atoms with Crippen molar-refractivity contribution in [1.82, 2.24) is 4.83 Å². The second kappa shape index (κ2) is 11.0. The lowest BCUT2D eigenvalue weighted by molar-refractivity contribution is 0.355. The Morgan fingerprint density at radius 3 is 2.32 bits per heavy atom. The molecule has 0 aliphatic rings. The molecule has 0 unspecified atom stereocenters. The van der Waals surface area contributed by atoms with E-state index in [2.05, 4.69) is 16.9 Å². The Morgan fingerprint density at radius 2 is 1.68 bits per heavy atom. The van der Waals surface area contributed by atoms with Crippen molar-refractivity contribution in [1.29, 1.82) is 0 Å². The third kappa shape index (κ3) is 7.77. The minimum absolute atomic E-state index is 0.0990. The van der Waals surface area contributed by atoms with Gasteiger partial charge in [0.25, 0.3) is 0 Å². The fraction of sp³-hybridized carbons (Fsp3) is 0.611. The number of benzene rings is 1. The molecule has 1 N–H and O–H groups in total. The average molecular weight is 371 g/mol. The monoisotopic (exact) mass is 370 g/mol. The number of nitrogens with one attached hydrogen (secondary N) is 1. The van der Waals surface area contributed by atoms with Crippen LogP contribution in [-0.2, 0) is 10.0 Å². The highest BCUT2D eigenvalue weighted by atomic mass is 32.2. The van der Waals surface area contributed by atoms with Gasteiger partial charge in [-0.05, 0) is 31.5 Å². The molecule has 1 rings (SSSR count). The number of hydrogen-bond acceptors (Lipinski definition) is 5. The number of hydrogen-bond donors (Lipinski definition) is 1. The zero-order valence-electron chi connectivity index (χ0n) is 15.7. The maximum absolute atomic E-state index is 12.0. The van der Waals surface area contributed by atoms with E-state index in [9.17, 15) is 8.42 Å². The largest absolute Gasteiger partial charge is 0.493 e. The van der Waals surface area contributed by atoms with Crippen LogP contribution in [0.3, 0.4) is 0 Å². The van der Waals surface area contributed by atoms with E-state index in [4.69, 9.17) is 9.47 Å². The predicted molar refractivity (Wildman–Crippen MR) is 102 cm³/mol. The Bertz CT molecular complexity index is 657. The van der Waals surface area contributed by atoms with E-state index in [0.29, 0.717) is 23.6 Å². The Morgan fingerprint density at radius 1 is 1.04 bits per heavy atom. The summed E-state index contributed by atoms with van der Waals surface area (Å²) in [5.41, 5.74) is 1.33. The molecular weight excluding hydrogens is 340 g/mol. The van der Waals surface area contributed by atoms with Gasteiger partial charge in [-0.2, -0.15) is 5.10 Å². The number of nitrogens with zero attached hydrogens (tertiary/aromatic N) is 1. The van der Waals surface area contributed by atoms with Crippen LogP contribution in [0.15, 0.2) is 23.3 Å². The summed E-state index contributed by atoms with van der Waals surface area (Å²) in [5, 5.41) is 4.01. The van der Waals surface area contributed by atoms with Crippen LogP contribution in [0.25, 0.3) is 0 Å². The summed E-state index contributed by atoms with van der Waals surface area (Å²) < 4.78 is 34.5. The van der Waals surface area contributed by atoms with E-state index in [0.717, 1.165) is 18.4 Å². The lowest BCUT2D eigenvalue weighted by Crippen LogP contribution is -2.23. The molecular formula is C18H30N2O4S. The molecule has 1 aromatic carbocycles. The zero-order valence-corrected chi connectivity index (χ0v) is 16.5. The maximum Gasteiger partial charge on any atom is 0.247 e. The average Bonchev–Trinajstić information content (AvgIpc) is 2.62. The van der Waals surface area contributed by atoms with Crippen molar-refractivity contribution >= 4 is 15.7 Å². The number of methoxy groups -OCH3 is 2. The molecule has 7 heteroatoms. The summed E-state index contributed by atoms with van der Waals surface area (Å²) in [6, 6.07) is 5.33. The summed E-state index contributed by atoms with van der Waals surface area (Å²) in [6.07, 6.45) is 6.23. The number of sulfonamides is 1. The fourth-order valence-corrected chi connectivity index (χ4v) is 3.33. The molecule has 0 amide bonds. The lowest BCUT2D eigenvalue weighted by Gasteiger charge is -2.10. The molecule has 0 spiro atoms. The van der Waals surface area contributed by atoms with Crippen LogP contribution in [0.5, 0.6) is 11.5 Å². The van der Waals surface area contributed by atoms with Gasteiger partial charge in [-0.15, -0.1) is 0 Å². The summed E-state index contributed by atoms with van der Waals surface area (Å²) in [5.74, 6) is 1.29. The number of unbranched alkanes of at least 4 members (excludes halogenated alkanes) is 5. The summed E-state index contributed by atoms with van der Waals surface area (Å²) in [4.78, 5) is 2.31. The molecule has 6 nitrogen and oxygen atoms in total. The van der Waals surface area contributed by atoms with Crippen molar-refractivity contribution in [3.8, 4) is 11.5 Å². The molecule has 0 saturated heterocycles. The Balaban J connectivity index is 2.58. The number of ether oxygens (including phenoxy) is 2. The van der Waals surface area contributed by atoms with Crippen LogP contribution in [0.2, 0.25) is 0 Å². The Labute approximate surface area is 151 Å². The van der Waals surface area contributed by atoms with Gasteiger partial charge in [0.1, 0.15) is 0 Å². The van der Waals surface area contributed by atoms with Crippen LogP contribution >= 0.6 is 0 Å². The molecule has 25 heavy (non-hydrogen) atoms. The Hall–Kier alpha value is -1.76. The van der Waals surface area contributed by atoms with Crippen molar-refractivity contribution in [2.24, 2.45) is 5.10 Å². The zero-order chi connectivity index (χ0) is 18.7. The molecule has 0 fully saturated rings. The van der Waals surface area contributed by atoms with Crippen LogP contribution in [0.1, 0.15) is 57.9 Å². The molecule has 0 heterocycles. The number of rotatable bonds is 12. The predicted octanol–water partition coefficient (Wildman–Crippen LogP) is 3.71. The van der Waals surface area contributed by atoms with Gasteiger partial charge in [0.15, 0.2) is 11.5 Å². The third-order valence-electron chi connectivity index (χ3n) is 3.92. The topological polar surface area (TPSA) is 77.0 Å². The quantitative estimate of drug-likeness (QED) is 0.346. The first-order chi connectivity index (χ1) is 11.9.